The second-order valence-corrected chi connectivity index (χ2v) is 6.90. The summed E-state index contributed by atoms with van der Waals surface area (Å²) >= 11 is 0. The number of hydrogen-bond acceptors (Lipinski definition) is 3. The van der Waals surface area contributed by atoms with Crippen LogP contribution in [-0.4, -0.2) is 61.2 Å². The number of carbonyl (C=O) groups is 2. The molecule has 2 aromatic rings. The fourth-order valence-corrected chi connectivity index (χ4v) is 3.53. The molecule has 1 atom stereocenters. The summed E-state index contributed by atoms with van der Waals surface area (Å²) in [6, 6.07) is 7.05. The van der Waals surface area contributed by atoms with Gasteiger partial charge < -0.3 is 25.3 Å². The molecule has 0 spiro atoms. The number of aromatic amines is 1. The van der Waals surface area contributed by atoms with Crippen LogP contribution in [0, 0.1) is 0 Å². The molecule has 0 aliphatic carbocycles. The molecule has 1 aliphatic rings. The summed E-state index contributed by atoms with van der Waals surface area (Å²) in [6.07, 6.45) is 5.57. The first kappa shape index (κ1) is 19.2. The maximum Gasteiger partial charge on any atom is 0.315 e. The Kier molecular flexibility index (Phi) is 6.70. The molecule has 1 aromatic carbocycles. The lowest BCUT2D eigenvalue weighted by Gasteiger charge is -2.30. The molecule has 0 radical (unpaired) electrons. The minimum absolute atomic E-state index is 0.0122. The average molecular weight is 372 g/mol. The van der Waals surface area contributed by atoms with Crippen molar-refractivity contribution < 1.29 is 14.3 Å². The predicted molar refractivity (Wildman–Crippen MR) is 105 cm³/mol. The highest BCUT2D eigenvalue weighted by molar-refractivity contribution is 5.89. The standard InChI is InChI=1S/C20H28N4O3/c1-27-12-9-21-20(26)23-18(19(25)24-10-5-2-6-11-24)13-15-14-22-17-8-4-3-7-16(15)17/h3-4,7-8,14,18,22H,2,5-6,9-13H2,1H3,(H2,21,23,26)/t18-/m0/s1. The molecule has 1 aromatic heterocycles. The number of fused-ring (bicyclic) bond motifs is 1. The molecule has 2 heterocycles. The van der Waals surface area contributed by atoms with Crippen LogP contribution in [0.5, 0.6) is 0 Å². The molecule has 146 valence electrons. The number of benzene rings is 1. The van der Waals surface area contributed by atoms with E-state index in [9.17, 15) is 9.59 Å². The largest absolute Gasteiger partial charge is 0.383 e. The van der Waals surface area contributed by atoms with Crippen LogP contribution in [0.15, 0.2) is 30.5 Å². The molecule has 3 rings (SSSR count). The van der Waals surface area contributed by atoms with Gasteiger partial charge in [-0.1, -0.05) is 18.2 Å². The lowest BCUT2D eigenvalue weighted by molar-refractivity contribution is -0.134. The molecule has 1 saturated heterocycles. The monoisotopic (exact) mass is 372 g/mol. The Labute approximate surface area is 159 Å². The van der Waals surface area contributed by atoms with Crippen molar-refractivity contribution in [2.45, 2.75) is 31.7 Å². The van der Waals surface area contributed by atoms with Gasteiger partial charge in [-0.15, -0.1) is 0 Å². The Bertz CT molecular complexity index is 767. The SMILES string of the molecule is COCCNC(=O)N[C@@H](Cc1c[nH]c2ccccc12)C(=O)N1CCCCC1. The van der Waals surface area contributed by atoms with Gasteiger partial charge in [0.25, 0.3) is 0 Å². The topological polar surface area (TPSA) is 86.5 Å². The number of H-pyrrole nitrogens is 1. The summed E-state index contributed by atoms with van der Waals surface area (Å²) < 4.78 is 4.95. The second-order valence-electron chi connectivity index (χ2n) is 6.90. The van der Waals surface area contributed by atoms with Crippen molar-refractivity contribution in [3.05, 3.63) is 36.0 Å². The number of amides is 3. The molecule has 27 heavy (non-hydrogen) atoms. The van der Waals surface area contributed by atoms with Crippen molar-refractivity contribution in [1.82, 2.24) is 20.5 Å². The van der Waals surface area contributed by atoms with Gasteiger partial charge in [-0.05, 0) is 30.9 Å². The maximum atomic E-state index is 13.1. The zero-order valence-electron chi connectivity index (χ0n) is 15.8. The lowest BCUT2D eigenvalue weighted by Crippen LogP contribution is -2.53. The highest BCUT2D eigenvalue weighted by atomic mass is 16.5. The number of nitrogens with one attached hydrogen (secondary N) is 3. The van der Waals surface area contributed by atoms with E-state index in [1.807, 2.05) is 35.4 Å². The van der Waals surface area contributed by atoms with Gasteiger partial charge in [-0.3, -0.25) is 4.79 Å². The van der Waals surface area contributed by atoms with Crippen LogP contribution in [0.1, 0.15) is 24.8 Å². The number of ether oxygens (including phenoxy) is 1. The Balaban J connectivity index is 1.73. The fourth-order valence-electron chi connectivity index (χ4n) is 3.53. The number of hydrogen-bond donors (Lipinski definition) is 3. The molecule has 3 amide bonds. The number of urea groups is 1. The van der Waals surface area contributed by atoms with E-state index in [0.717, 1.165) is 48.8 Å². The van der Waals surface area contributed by atoms with Gasteiger partial charge in [0.1, 0.15) is 6.04 Å². The molecule has 0 saturated carbocycles. The van der Waals surface area contributed by atoms with E-state index >= 15 is 0 Å². The zero-order chi connectivity index (χ0) is 19.1. The Morgan fingerprint density at radius 3 is 2.78 bits per heavy atom. The first-order chi connectivity index (χ1) is 13.2. The van der Waals surface area contributed by atoms with Crippen molar-refractivity contribution in [2.24, 2.45) is 0 Å². The van der Waals surface area contributed by atoms with Gasteiger partial charge in [0.2, 0.25) is 5.91 Å². The van der Waals surface area contributed by atoms with Gasteiger partial charge in [0.15, 0.2) is 0 Å². The van der Waals surface area contributed by atoms with E-state index < -0.39 is 6.04 Å². The summed E-state index contributed by atoms with van der Waals surface area (Å²) in [6.45, 7) is 2.35. The normalized spacial score (nSPS) is 15.5. The third-order valence-electron chi connectivity index (χ3n) is 4.96. The van der Waals surface area contributed by atoms with E-state index in [1.54, 1.807) is 7.11 Å². The van der Waals surface area contributed by atoms with Crippen LogP contribution >= 0.6 is 0 Å². The third kappa shape index (κ3) is 5.01. The number of likely N-dealkylation sites (tertiary alicyclic amines) is 1. The summed E-state index contributed by atoms with van der Waals surface area (Å²) in [5, 5.41) is 6.68. The highest BCUT2D eigenvalue weighted by Crippen LogP contribution is 2.20. The van der Waals surface area contributed by atoms with Crippen LogP contribution in [0.3, 0.4) is 0 Å². The van der Waals surface area contributed by atoms with Crippen LogP contribution in [0.25, 0.3) is 10.9 Å². The van der Waals surface area contributed by atoms with Crippen molar-refractivity contribution in [3.63, 3.8) is 0 Å². The Morgan fingerprint density at radius 1 is 1.22 bits per heavy atom. The minimum atomic E-state index is -0.593. The molecule has 7 heteroatoms. The van der Waals surface area contributed by atoms with E-state index in [0.29, 0.717) is 19.6 Å². The quantitative estimate of drug-likeness (QED) is 0.650. The fraction of sp³-hybridized carbons (Fsp3) is 0.500. The van der Waals surface area contributed by atoms with Gasteiger partial charge in [0.05, 0.1) is 6.61 Å². The Hall–Kier alpha value is -2.54. The first-order valence-corrected chi connectivity index (χ1v) is 9.56. The summed E-state index contributed by atoms with van der Waals surface area (Å²) in [5.74, 6) is -0.0122. The number of nitrogens with zero attached hydrogens (tertiary/aromatic N) is 1. The van der Waals surface area contributed by atoms with Crippen LogP contribution in [0.4, 0.5) is 4.79 Å². The second kappa shape index (κ2) is 9.41. The number of rotatable bonds is 7. The predicted octanol–water partition coefficient (Wildman–Crippen LogP) is 2.04. The third-order valence-corrected chi connectivity index (χ3v) is 4.96. The first-order valence-electron chi connectivity index (χ1n) is 9.56. The smallest absolute Gasteiger partial charge is 0.315 e. The molecular formula is C20H28N4O3. The summed E-state index contributed by atoms with van der Waals surface area (Å²) in [5.41, 5.74) is 2.05. The number of para-hydroxylation sites is 1. The number of aromatic nitrogens is 1. The van der Waals surface area contributed by atoms with Gasteiger partial charge in [-0.2, -0.15) is 0 Å². The lowest BCUT2D eigenvalue weighted by atomic mass is 10.0. The van der Waals surface area contributed by atoms with Crippen LogP contribution in [0.2, 0.25) is 0 Å². The van der Waals surface area contributed by atoms with Crippen molar-refractivity contribution in [1.29, 1.82) is 0 Å². The van der Waals surface area contributed by atoms with Gasteiger partial charge in [-0.25, -0.2) is 4.79 Å². The van der Waals surface area contributed by atoms with E-state index in [1.165, 1.54) is 0 Å². The maximum absolute atomic E-state index is 13.1. The minimum Gasteiger partial charge on any atom is -0.383 e. The van der Waals surface area contributed by atoms with Crippen LogP contribution < -0.4 is 10.6 Å². The van der Waals surface area contributed by atoms with E-state index in [-0.39, 0.29) is 11.9 Å². The van der Waals surface area contributed by atoms with Crippen molar-refractivity contribution in [2.75, 3.05) is 33.4 Å². The summed E-state index contributed by atoms with van der Waals surface area (Å²) in [7, 11) is 1.58. The van der Waals surface area contributed by atoms with Crippen LogP contribution in [-0.2, 0) is 16.0 Å². The number of methoxy groups -OCH3 is 1. The number of piperidine rings is 1. The summed E-state index contributed by atoms with van der Waals surface area (Å²) in [4.78, 5) is 30.4. The molecule has 7 nitrogen and oxygen atoms in total. The van der Waals surface area contributed by atoms with Gasteiger partial charge >= 0.3 is 6.03 Å². The average Bonchev–Trinajstić information content (AvgIpc) is 3.11. The highest BCUT2D eigenvalue weighted by Gasteiger charge is 2.28. The molecule has 0 bridgehead atoms. The van der Waals surface area contributed by atoms with Crippen molar-refractivity contribution >= 4 is 22.8 Å². The molecule has 1 fully saturated rings. The van der Waals surface area contributed by atoms with E-state index in [4.69, 9.17) is 4.74 Å². The molecule has 3 N–H and O–H groups in total. The van der Waals surface area contributed by atoms with E-state index in [2.05, 4.69) is 15.6 Å². The van der Waals surface area contributed by atoms with Gasteiger partial charge in [0, 0.05) is 50.3 Å². The zero-order valence-corrected chi connectivity index (χ0v) is 15.8. The molecule has 1 aliphatic heterocycles. The Morgan fingerprint density at radius 2 is 2.00 bits per heavy atom. The molecule has 0 unspecified atom stereocenters. The molecular weight excluding hydrogens is 344 g/mol. The number of carbonyl (C=O) groups excluding carboxylic acids is 2. The van der Waals surface area contributed by atoms with Crippen molar-refractivity contribution in [3.8, 4) is 0 Å².